The SMILES string of the molecule is O=C1CCC(N2Cc3cc(N4CCC(CN5CCC(N6Cc7cc(NC(=O)c8cnn9cccnc89)c(N8CCN(C9CC(F)(F)C9)CC8)cc7C6=O)CC5)CC4)ccc3C2=O)C(=O)N1. The monoisotopic (exact) mass is 889 g/mol. The molecule has 0 spiro atoms. The molecule has 2 aromatic heterocycles. The van der Waals surface area contributed by atoms with Gasteiger partial charge in [0.1, 0.15) is 11.6 Å². The molecular formula is C47H53F2N11O5. The van der Waals surface area contributed by atoms with Gasteiger partial charge in [0.05, 0.1) is 17.6 Å². The van der Waals surface area contributed by atoms with Crippen LogP contribution in [0.5, 0.6) is 0 Å². The lowest BCUT2D eigenvalue weighted by Crippen LogP contribution is -2.57. The molecule has 16 nitrogen and oxygen atoms in total. The number of nitrogens with zero attached hydrogens (tertiary/aromatic N) is 9. The Bertz CT molecular complexity index is 2570. The first-order valence-electron chi connectivity index (χ1n) is 23.1. The first kappa shape index (κ1) is 41.7. The van der Waals surface area contributed by atoms with E-state index in [2.05, 4.69) is 46.4 Å². The molecule has 0 bridgehead atoms. The number of nitrogens with one attached hydrogen (secondary N) is 2. The Morgan fingerprint density at radius 2 is 1.54 bits per heavy atom. The predicted octanol–water partition coefficient (Wildman–Crippen LogP) is 4.00. The van der Waals surface area contributed by atoms with Gasteiger partial charge in [-0.2, -0.15) is 5.10 Å². The van der Waals surface area contributed by atoms with E-state index in [9.17, 15) is 32.8 Å². The summed E-state index contributed by atoms with van der Waals surface area (Å²) >= 11 is 0. The Morgan fingerprint density at radius 3 is 2.29 bits per heavy atom. The van der Waals surface area contributed by atoms with E-state index >= 15 is 0 Å². The van der Waals surface area contributed by atoms with Crippen LogP contribution in [0.25, 0.3) is 5.65 Å². The lowest BCUT2D eigenvalue weighted by atomic mass is 9.86. The molecule has 0 radical (unpaired) electrons. The zero-order valence-electron chi connectivity index (χ0n) is 36.3. The zero-order chi connectivity index (χ0) is 44.6. The number of piperidine rings is 3. The van der Waals surface area contributed by atoms with E-state index in [4.69, 9.17) is 0 Å². The van der Waals surface area contributed by atoms with Crippen LogP contribution in [0.15, 0.2) is 55.0 Å². The van der Waals surface area contributed by atoms with Crippen LogP contribution < -0.4 is 20.4 Å². The minimum absolute atomic E-state index is 0.00622. The number of fused-ring (bicyclic) bond motifs is 3. The van der Waals surface area contributed by atoms with E-state index < -0.39 is 17.9 Å². The normalized spacial score (nSPS) is 23.6. The molecule has 2 N–H and O–H groups in total. The highest BCUT2D eigenvalue weighted by Gasteiger charge is 2.48. The summed E-state index contributed by atoms with van der Waals surface area (Å²) < 4.78 is 29.0. The maximum absolute atomic E-state index is 14.2. The first-order valence-corrected chi connectivity index (χ1v) is 23.1. The van der Waals surface area contributed by atoms with Gasteiger partial charge in [0.15, 0.2) is 5.65 Å². The van der Waals surface area contributed by atoms with Crippen LogP contribution in [0.1, 0.15) is 93.6 Å². The number of carbonyl (C=O) groups excluding carboxylic acids is 5. The number of halogens is 2. The smallest absolute Gasteiger partial charge is 0.261 e. The maximum atomic E-state index is 14.2. The van der Waals surface area contributed by atoms with Crippen LogP contribution >= 0.6 is 0 Å². The fourth-order valence-electron chi connectivity index (χ4n) is 11.3. The van der Waals surface area contributed by atoms with Gasteiger partial charge in [-0.1, -0.05) is 0 Å². The molecule has 11 rings (SSSR count). The highest BCUT2D eigenvalue weighted by molar-refractivity contribution is 6.10. The lowest BCUT2D eigenvalue weighted by Gasteiger charge is -2.46. The van der Waals surface area contributed by atoms with Crippen molar-refractivity contribution in [2.45, 2.75) is 88.5 Å². The molecule has 1 aliphatic carbocycles. The standard InChI is InChI=1S/C47H53F2N11O5/c48-47(49)23-34(24-47)56-16-18-57(19-17-56)40-22-36-31(21-38(40)52-43(62)37-25-51-60-11-1-10-50-42(37)60)27-58(46(36)65)32-8-12-54(13-9-32)26-29-6-14-55(15-7-29)33-2-3-35-30(20-33)28-59(45(35)64)39-4-5-41(61)53-44(39)63/h1-3,10-11,20-22,25,29,32,34,39H,4-9,12-19,23-24,26-28H2,(H,52,62)(H,53,61,63). The first-order chi connectivity index (χ1) is 31.4. The number of benzene rings is 2. The molecule has 1 saturated carbocycles. The number of rotatable bonds is 9. The van der Waals surface area contributed by atoms with Crippen molar-refractivity contribution in [2.24, 2.45) is 5.92 Å². The minimum Gasteiger partial charge on any atom is -0.372 e. The van der Waals surface area contributed by atoms with Crippen molar-refractivity contribution in [1.82, 2.24) is 39.5 Å². The van der Waals surface area contributed by atoms with Crippen LogP contribution in [-0.4, -0.2) is 147 Å². The molecule has 8 heterocycles. The number of amides is 5. The second kappa shape index (κ2) is 16.5. The average Bonchev–Trinajstić information content (AvgIpc) is 3.98. The van der Waals surface area contributed by atoms with E-state index in [-0.39, 0.29) is 55.0 Å². The van der Waals surface area contributed by atoms with Crippen LogP contribution in [-0.2, 0) is 22.7 Å². The van der Waals surface area contributed by atoms with Crippen molar-refractivity contribution in [3.05, 3.63) is 82.8 Å². The summed E-state index contributed by atoms with van der Waals surface area (Å²) in [6.07, 6.45) is 9.08. The third kappa shape index (κ3) is 7.87. The molecule has 340 valence electrons. The van der Waals surface area contributed by atoms with Gasteiger partial charge in [0, 0.05) is 133 Å². The molecular weight excluding hydrogens is 837 g/mol. The van der Waals surface area contributed by atoms with Crippen LogP contribution in [0.4, 0.5) is 25.8 Å². The molecule has 18 heteroatoms. The molecule has 1 unspecified atom stereocenters. The Morgan fingerprint density at radius 1 is 0.800 bits per heavy atom. The minimum atomic E-state index is -2.58. The number of likely N-dealkylation sites (tertiary alicyclic amines) is 1. The summed E-state index contributed by atoms with van der Waals surface area (Å²) in [5.41, 5.74) is 6.28. The molecule has 4 saturated heterocycles. The Kier molecular flexibility index (Phi) is 10.6. The summed E-state index contributed by atoms with van der Waals surface area (Å²) in [5, 5.41) is 9.80. The van der Waals surface area contributed by atoms with Crippen molar-refractivity contribution in [3.8, 4) is 0 Å². The molecule has 4 aromatic rings. The Balaban J connectivity index is 0.707. The quantitative estimate of drug-likeness (QED) is 0.234. The average molecular weight is 890 g/mol. The van der Waals surface area contributed by atoms with Gasteiger partial charge < -0.3 is 29.8 Å². The highest BCUT2D eigenvalue weighted by atomic mass is 19.3. The van der Waals surface area contributed by atoms with E-state index in [0.717, 1.165) is 80.9 Å². The van der Waals surface area contributed by atoms with Crippen molar-refractivity contribution in [3.63, 3.8) is 0 Å². The van der Waals surface area contributed by atoms with Crippen molar-refractivity contribution < 1.29 is 32.8 Å². The summed E-state index contributed by atoms with van der Waals surface area (Å²) in [6, 6.07) is 10.9. The van der Waals surface area contributed by atoms with Gasteiger partial charge in [-0.3, -0.25) is 34.2 Å². The predicted molar refractivity (Wildman–Crippen MR) is 236 cm³/mol. The van der Waals surface area contributed by atoms with E-state index in [1.807, 2.05) is 29.2 Å². The molecule has 1 atom stereocenters. The Labute approximate surface area is 374 Å². The topological polar surface area (TPSA) is 159 Å². The zero-order valence-corrected chi connectivity index (χ0v) is 36.3. The van der Waals surface area contributed by atoms with Crippen molar-refractivity contribution in [1.29, 1.82) is 0 Å². The number of imide groups is 1. The number of carbonyl (C=O) groups is 5. The van der Waals surface area contributed by atoms with Gasteiger partial charge in [-0.05, 0) is 85.5 Å². The molecule has 7 aliphatic rings. The van der Waals surface area contributed by atoms with E-state index in [1.54, 1.807) is 27.9 Å². The molecule has 5 fully saturated rings. The number of alkyl halides is 2. The molecule has 65 heavy (non-hydrogen) atoms. The fraction of sp³-hybridized carbons (Fsp3) is 0.511. The van der Waals surface area contributed by atoms with Gasteiger partial charge in [0.2, 0.25) is 11.8 Å². The van der Waals surface area contributed by atoms with E-state index in [0.29, 0.717) is 79.6 Å². The van der Waals surface area contributed by atoms with E-state index in [1.165, 1.54) is 6.20 Å². The third-order valence-electron chi connectivity index (χ3n) is 15.1. The molecule has 2 aromatic carbocycles. The summed E-state index contributed by atoms with van der Waals surface area (Å²) in [5.74, 6) is -3.23. The van der Waals surface area contributed by atoms with Gasteiger partial charge >= 0.3 is 0 Å². The molecule has 5 amide bonds. The Hall–Kier alpha value is -6.01. The lowest BCUT2D eigenvalue weighted by molar-refractivity contribution is -0.137. The summed E-state index contributed by atoms with van der Waals surface area (Å²) in [6.45, 7) is 7.90. The van der Waals surface area contributed by atoms with Crippen molar-refractivity contribution >= 4 is 52.2 Å². The summed E-state index contributed by atoms with van der Waals surface area (Å²) in [7, 11) is 0. The summed E-state index contributed by atoms with van der Waals surface area (Å²) in [4.78, 5) is 82.6. The number of piperazine rings is 1. The highest BCUT2D eigenvalue weighted by Crippen LogP contribution is 2.42. The number of hydrogen-bond donors (Lipinski definition) is 2. The van der Waals surface area contributed by atoms with Crippen LogP contribution in [0.2, 0.25) is 0 Å². The fourth-order valence-corrected chi connectivity index (χ4v) is 11.3. The van der Waals surface area contributed by atoms with Gasteiger partial charge in [-0.25, -0.2) is 18.3 Å². The second-order valence-corrected chi connectivity index (χ2v) is 19.0. The maximum Gasteiger partial charge on any atom is 0.261 e. The van der Waals surface area contributed by atoms with Crippen molar-refractivity contribution in [2.75, 3.05) is 74.0 Å². The third-order valence-corrected chi connectivity index (χ3v) is 15.1. The molecule has 6 aliphatic heterocycles. The van der Waals surface area contributed by atoms with Gasteiger partial charge in [-0.15, -0.1) is 0 Å². The largest absolute Gasteiger partial charge is 0.372 e. The number of aromatic nitrogens is 3. The number of hydrogen-bond acceptors (Lipinski definition) is 11. The van der Waals surface area contributed by atoms with Crippen LogP contribution in [0.3, 0.4) is 0 Å². The second-order valence-electron chi connectivity index (χ2n) is 19.0. The van der Waals surface area contributed by atoms with Crippen LogP contribution in [0, 0.1) is 5.92 Å². The number of anilines is 3. The van der Waals surface area contributed by atoms with Gasteiger partial charge in [0.25, 0.3) is 23.6 Å².